The average molecular weight is 355 g/mol. The number of hydrogen-bond donors (Lipinski definition) is 1. The molecule has 2 aromatic carbocycles. The van der Waals surface area contributed by atoms with Crippen molar-refractivity contribution in [3.05, 3.63) is 65.2 Å². The SMILES string of the molecule is CCOCc1ccccc1CNC(=O)/C=C/c1cccc(OC)c1OC. The summed E-state index contributed by atoms with van der Waals surface area (Å²) in [5.74, 6) is 1.04. The third-order valence-electron chi connectivity index (χ3n) is 3.88. The summed E-state index contributed by atoms with van der Waals surface area (Å²) in [5, 5.41) is 2.90. The molecule has 5 heteroatoms. The van der Waals surface area contributed by atoms with E-state index in [2.05, 4.69) is 5.32 Å². The summed E-state index contributed by atoms with van der Waals surface area (Å²) in [6.07, 6.45) is 3.20. The Kier molecular flexibility index (Phi) is 7.71. The number of carbonyl (C=O) groups excluding carboxylic acids is 1. The normalized spacial score (nSPS) is 10.7. The van der Waals surface area contributed by atoms with Crippen LogP contribution in [0.1, 0.15) is 23.6 Å². The highest BCUT2D eigenvalue weighted by Gasteiger charge is 2.07. The van der Waals surface area contributed by atoms with Crippen LogP contribution in [0.4, 0.5) is 0 Å². The average Bonchev–Trinajstić information content (AvgIpc) is 2.69. The number of nitrogens with one attached hydrogen (secondary N) is 1. The Morgan fingerprint density at radius 1 is 1.04 bits per heavy atom. The molecular weight excluding hydrogens is 330 g/mol. The molecule has 0 unspecified atom stereocenters. The Morgan fingerprint density at radius 2 is 1.81 bits per heavy atom. The Hall–Kier alpha value is -2.79. The lowest BCUT2D eigenvalue weighted by molar-refractivity contribution is -0.116. The van der Waals surface area contributed by atoms with E-state index in [0.29, 0.717) is 31.3 Å². The molecule has 0 fully saturated rings. The molecule has 0 heterocycles. The Bertz CT molecular complexity index is 755. The lowest BCUT2D eigenvalue weighted by atomic mass is 10.1. The fraction of sp³-hybridized carbons (Fsp3) is 0.286. The van der Waals surface area contributed by atoms with Crippen molar-refractivity contribution in [1.82, 2.24) is 5.32 Å². The lowest BCUT2D eigenvalue weighted by Crippen LogP contribution is -2.21. The number of rotatable bonds is 9. The van der Waals surface area contributed by atoms with Gasteiger partial charge in [-0.2, -0.15) is 0 Å². The van der Waals surface area contributed by atoms with Crippen molar-refractivity contribution in [2.24, 2.45) is 0 Å². The van der Waals surface area contributed by atoms with Crippen molar-refractivity contribution in [2.75, 3.05) is 20.8 Å². The van der Waals surface area contributed by atoms with Crippen LogP contribution in [0.25, 0.3) is 6.08 Å². The van der Waals surface area contributed by atoms with E-state index in [1.165, 1.54) is 6.08 Å². The monoisotopic (exact) mass is 355 g/mol. The van der Waals surface area contributed by atoms with E-state index < -0.39 is 0 Å². The summed E-state index contributed by atoms with van der Waals surface area (Å²) in [7, 11) is 3.16. The van der Waals surface area contributed by atoms with Gasteiger partial charge < -0.3 is 19.5 Å². The number of benzene rings is 2. The molecule has 26 heavy (non-hydrogen) atoms. The van der Waals surface area contributed by atoms with E-state index in [-0.39, 0.29) is 5.91 Å². The Balaban J connectivity index is 2.01. The van der Waals surface area contributed by atoms with E-state index in [0.717, 1.165) is 16.7 Å². The second-order valence-electron chi connectivity index (χ2n) is 5.54. The molecule has 0 bridgehead atoms. The second kappa shape index (κ2) is 10.3. The first kappa shape index (κ1) is 19.5. The molecule has 0 aromatic heterocycles. The zero-order chi connectivity index (χ0) is 18.8. The second-order valence-corrected chi connectivity index (χ2v) is 5.54. The van der Waals surface area contributed by atoms with E-state index in [1.807, 2.05) is 49.4 Å². The van der Waals surface area contributed by atoms with Gasteiger partial charge in [-0.25, -0.2) is 0 Å². The van der Waals surface area contributed by atoms with Crippen LogP contribution in [-0.2, 0) is 22.7 Å². The van der Waals surface area contributed by atoms with Crippen molar-refractivity contribution in [3.63, 3.8) is 0 Å². The topological polar surface area (TPSA) is 56.8 Å². The maximum atomic E-state index is 12.2. The molecule has 5 nitrogen and oxygen atoms in total. The molecule has 1 N–H and O–H groups in total. The standard InChI is InChI=1S/C21H25NO4/c1-4-26-15-18-9-6-5-8-17(18)14-22-20(23)13-12-16-10-7-11-19(24-2)21(16)25-3/h5-13H,4,14-15H2,1-3H3,(H,22,23)/b13-12+. The third-order valence-corrected chi connectivity index (χ3v) is 3.88. The van der Waals surface area contributed by atoms with Gasteiger partial charge >= 0.3 is 0 Å². The van der Waals surface area contributed by atoms with Crippen molar-refractivity contribution in [1.29, 1.82) is 0 Å². The molecule has 2 rings (SSSR count). The number of para-hydroxylation sites is 1. The molecule has 0 atom stereocenters. The summed E-state index contributed by atoms with van der Waals surface area (Å²) in [5.41, 5.74) is 2.90. The minimum atomic E-state index is -0.180. The summed E-state index contributed by atoms with van der Waals surface area (Å²) >= 11 is 0. The molecule has 138 valence electrons. The third kappa shape index (κ3) is 5.36. The van der Waals surface area contributed by atoms with Crippen LogP contribution in [0.5, 0.6) is 11.5 Å². The number of amides is 1. The highest BCUT2D eigenvalue weighted by molar-refractivity contribution is 5.92. The number of ether oxygens (including phenoxy) is 3. The number of methoxy groups -OCH3 is 2. The molecule has 0 radical (unpaired) electrons. The zero-order valence-electron chi connectivity index (χ0n) is 15.5. The molecule has 0 saturated heterocycles. The van der Waals surface area contributed by atoms with E-state index >= 15 is 0 Å². The molecule has 0 aliphatic heterocycles. The van der Waals surface area contributed by atoms with Gasteiger partial charge in [-0.1, -0.05) is 36.4 Å². The van der Waals surface area contributed by atoms with Gasteiger partial charge in [0.1, 0.15) is 0 Å². The summed E-state index contributed by atoms with van der Waals surface area (Å²) in [6, 6.07) is 13.4. The van der Waals surface area contributed by atoms with Crippen LogP contribution in [0.3, 0.4) is 0 Å². The van der Waals surface area contributed by atoms with Crippen LogP contribution in [0.15, 0.2) is 48.5 Å². The first-order valence-corrected chi connectivity index (χ1v) is 8.51. The molecular formula is C21H25NO4. The summed E-state index contributed by atoms with van der Waals surface area (Å²) in [4.78, 5) is 12.2. The quantitative estimate of drug-likeness (QED) is 0.699. The van der Waals surface area contributed by atoms with Crippen LogP contribution in [-0.4, -0.2) is 26.7 Å². The van der Waals surface area contributed by atoms with Gasteiger partial charge in [0.05, 0.1) is 20.8 Å². The van der Waals surface area contributed by atoms with Gasteiger partial charge in [-0.05, 0) is 30.2 Å². The fourth-order valence-corrected chi connectivity index (χ4v) is 2.53. The van der Waals surface area contributed by atoms with Crippen molar-refractivity contribution >= 4 is 12.0 Å². The highest BCUT2D eigenvalue weighted by Crippen LogP contribution is 2.31. The maximum absolute atomic E-state index is 12.2. The molecule has 1 amide bonds. The lowest BCUT2D eigenvalue weighted by Gasteiger charge is -2.10. The fourth-order valence-electron chi connectivity index (χ4n) is 2.53. The minimum absolute atomic E-state index is 0.180. The smallest absolute Gasteiger partial charge is 0.244 e. The summed E-state index contributed by atoms with van der Waals surface area (Å²) in [6.45, 7) is 3.61. The highest BCUT2D eigenvalue weighted by atomic mass is 16.5. The first-order chi connectivity index (χ1) is 12.7. The van der Waals surface area contributed by atoms with Crippen molar-refractivity contribution in [2.45, 2.75) is 20.1 Å². The van der Waals surface area contributed by atoms with Gasteiger partial charge in [0.2, 0.25) is 5.91 Å². The predicted octanol–water partition coefficient (Wildman–Crippen LogP) is 3.57. The zero-order valence-corrected chi connectivity index (χ0v) is 15.5. The predicted molar refractivity (Wildman–Crippen MR) is 102 cm³/mol. The van der Waals surface area contributed by atoms with Gasteiger partial charge in [0, 0.05) is 24.8 Å². The van der Waals surface area contributed by atoms with Crippen LogP contribution < -0.4 is 14.8 Å². The molecule has 0 aliphatic rings. The van der Waals surface area contributed by atoms with Gasteiger partial charge in [0.25, 0.3) is 0 Å². The molecule has 0 saturated carbocycles. The van der Waals surface area contributed by atoms with E-state index in [4.69, 9.17) is 14.2 Å². The van der Waals surface area contributed by atoms with Crippen molar-refractivity contribution < 1.29 is 19.0 Å². The number of carbonyl (C=O) groups is 1. The van der Waals surface area contributed by atoms with E-state index in [9.17, 15) is 4.79 Å². The minimum Gasteiger partial charge on any atom is -0.493 e. The number of hydrogen-bond acceptors (Lipinski definition) is 4. The molecule has 2 aromatic rings. The van der Waals surface area contributed by atoms with Gasteiger partial charge in [-0.15, -0.1) is 0 Å². The Labute approximate surface area is 154 Å². The summed E-state index contributed by atoms with van der Waals surface area (Å²) < 4.78 is 16.1. The van der Waals surface area contributed by atoms with Crippen LogP contribution in [0, 0.1) is 0 Å². The maximum Gasteiger partial charge on any atom is 0.244 e. The Morgan fingerprint density at radius 3 is 2.50 bits per heavy atom. The van der Waals surface area contributed by atoms with E-state index in [1.54, 1.807) is 20.3 Å². The first-order valence-electron chi connectivity index (χ1n) is 8.51. The van der Waals surface area contributed by atoms with Gasteiger partial charge in [-0.3, -0.25) is 4.79 Å². The van der Waals surface area contributed by atoms with Crippen LogP contribution in [0.2, 0.25) is 0 Å². The largest absolute Gasteiger partial charge is 0.493 e. The van der Waals surface area contributed by atoms with Gasteiger partial charge in [0.15, 0.2) is 11.5 Å². The molecule has 0 spiro atoms. The van der Waals surface area contributed by atoms with Crippen molar-refractivity contribution in [3.8, 4) is 11.5 Å². The van der Waals surface area contributed by atoms with Crippen LogP contribution >= 0.6 is 0 Å². The molecule has 0 aliphatic carbocycles.